The van der Waals surface area contributed by atoms with Crippen LogP contribution < -0.4 is 15.8 Å². The lowest BCUT2D eigenvalue weighted by atomic mass is 10.2. The van der Waals surface area contributed by atoms with Crippen LogP contribution in [0.2, 0.25) is 0 Å². The molecule has 0 saturated carbocycles. The van der Waals surface area contributed by atoms with Gasteiger partial charge in [0, 0.05) is 56.1 Å². The van der Waals surface area contributed by atoms with Crippen LogP contribution in [0.5, 0.6) is 0 Å². The number of nitrogens with one attached hydrogen (secondary N) is 1. The molecule has 1 N–H and O–H groups in total. The Labute approximate surface area is 235 Å². The minimum absolute atomic E-state index is 0.241. The van der Waals surface area contributed by atoms with Crippen molar-refractivity contribution in [1.82, 2.24) is 39.2 Å². The first-order valence-corrected chi connectivity index (χ1v) is 13.1. The number of nitriles is 1. The first kappa shape index (κ1) is 25.8. The van der Waals surface area contributed by atoms with Gasteiger partial charge < -0.3 is 15.1 Å². The van der Waals surface area contributed by atoms with E-state index in [1.807, 2.05) is 18.2 Å². The van der Waals surface area contributed by atoms with Crippen molar-refractivity contribution < 1.29 is 0 Å². The molecule has 0 atom stereocenters. The number of nitrogens with zero attached hydrogens (tertiary/aromatic N) is 10. The van der Waals surface area contributed by atoms with Gasteiger partial charge >= 0.3 is 0 Å². The molecule has 0 amide bonds. The van der Waals surface area contributed by atoms with Crippen LogP contribution in [0.15, 0.2) is 78.5 Å². The van der Waals surface area contributed by atoms with E-state index < -0.39 is 0 Å². The fourth-order valence-electron chi connectivity index (χ4n) is 4.74. The zero-order valence-electron chi connectivity index (χ0n) is 22.5. The molecule has 1 aromatic carbocycles. The molecule has 1 aliphatic heterocycles. The highest BCUT2D eigenvalue weighted by molar-refractivity contribution is 5.77. The van der Waals surface area contributed by atoms with Crippen LogP contribution in [-0.2, 0) is 6.54 Å². The van der Waals surface area contributed by atoms with Crippen molar-refractivity contribution in [2.45, 2.75) is 6.54 Å². The summed E-state index contributed by atoms with van der Waals surface area (Å²) in [5.41, 5.74) is 2.98. The Bertz CT molecular complexity index is 1810. The number of allylic oxidation sites excluding steroid dienone is 1. The summed E-state index contributed by atoms with van der Waals surface area (Å²) in [6.07, 6.45) is 6.05. The lowest BCUT2D eigenvalue weighted by Crippen LogP contribution is -2.44. The van der Waals surface area contributed by atoms with Gasteiger partial charge in [0.05, 0.1) is 12.1 Å². The molecule has 5 aromatic rings. The van der Waals surface area contributed by atoms with E-state index in [0.717, 1.165) is 31.9 Å². The topological polar surface area (TPSA) is 134 Å². The Morgan fingerprint density at radius 3 is 2.46 bits per heavy atom. The number of rotatable bonds is 7. The van der Waals surface area contributed by atoms with E-state index in [1.54, 1.807) is 29.0 Å². The molecular formula is C29H27N11O. The number of aromatic nitrogens is 7. The number of piperazine rings is 1. The average Bonchev–Trinajstić information content (AvgIpc) is 3.28. The monoisotopic (exact) mass is 545 g/mol. The van der Waals surface area contributed by atoms with Crippen LogP contribution in [0, 0.1) is 11.3 Å². The van der Waals surface area contributed by atoms with Crippen molar-refractivity contribution in [3.63, 3.8) is 0 Å². The number of hydrogen-bond acceptors (Lipinski definition) is 10. The summed E-state index contributed by atoms with van der Waals surface area (Å²) in [7, 11) is 2.14. The van der Waals surface area contributed by atoms with Crippen LogP contribution in [0.1, 0.15) is 5.56 Å². The van der Waals surface area contributed by atoms with Crippen molar-refractivity contribution in [2.75, 3.05) is 43.4 Å². The first-order valence-electron chi connectivity index (χ1n) is 13.1. The molecule has 0 spiro atoms. The Hall–Kier alpha value is -5.41. The predicted octanol–water partition coefficient (Wildman–Crippen LogP) is 2.99. The van der Waals surface area contributed by atoms with Crippen LogP contribution in [0.25, 0.3) is 28.4 Å². The van der Waals surface area contributed by atoms with Crippen molar-refractivity contribution >= 4 is 28.4 Å². The second-order valence-electron chi connectivity index (χ2n) is 9.67. The summed E-state index contributed by atoms with van der Waals surface area (Å²) in [4.78, 5) is 40.4. The first-order chi connectivity index (χ1) is 20.0. The van der Waals surface area contributed by atoms with Gasteiger partial charge in [-0.25, -0.2) is 29.3 Å². The van der Waals surface area contributed by atoms with Gasteiger partial charge in [-0.05, 0) is 43.4 Å². The largest absolute Gasteiger partial charge is 0.369 e. The molecular weight excluding hydrogens is 518 g/mol. The van der Waals surface area contributed by atoms with Crippen LogP contribution >= 0.6 is 0 Å². The molecule has 1 fully saturated rings. The van der Waals surface area contributed by atoms with Crippen LogP contribution in [0.3, 0.4) is 0 Å². The third-order valence-electron chi connectivity index (χ3n) is 6.93. The lowest BCUT2D eigenvalue weighted by Gasteiger charge is -2.34. The van der Waals surface area contributed by atoms with Crippen molar-refractivity contribution in [3.05, 3.63) is 89.6 Å². The van der Waals surface area contributed by atoms with E-state index in [0.29, 0.717) is 39.9 Å². The molecule has 1 aliphatic rings. The summed E-state index contributed by atoms with van der Waals surface area (Å²) in [5, 5.41) is 12.7. The lowest BCUT2D eigenvalue weighted by molar-refractivity contribution is 0.313. The van der Waals surface area contributed by atoms with E-state index in [2.05, 4.69) is 55.8 Å². The maximum absolute atomic E-state index is 13.3. The van der Waals surface area contributed by atoms with Gasteiger partial charge in [0.25, 0.3) is 5.56 Å². The fourth-order valence-corrected chi connectivity index (χ4v) is 4.74. The molecule has 204 valence electrons. The fraction of sp³-hybridized carbons (Fsp3) is 0.207. The van der Waals surface area contributed by atoms with Gasteiger partial charge in [-0.3, -0.25) is 4.79 Å². The quantitative estimate of drug-likeness (QED) is 0.304. The Kier molecular flexibility index (Phi) is 6.93. The summed E-state index contributed by atoms with van der Waals surface area (Å²) >= 11 is 0. The molecule has 4 aromatic heterocycles. The standard InChI is InChI=1S/C29H27N11O/c1-3-11-39-28(41)23-19-33-29(34-21-7-9-22(10-8-21)38-14-12-37(2)13-15-38)36-27(23)40(39)25-6-4-5-24(35-25)26-31-17-20(16-30)18-32-26/h3-10,17-19H,1,11-15H2,2H3,(H,33,34,36). The van der Waals surface area contributed by atoms with Gasteiger partial charge in [0.15, 0.2) is 17.3 Å². The smallest absolute Gasteiger partial charge is 0.278 e. The minimum atomic E-state index is -0.259. The predicted molar refractivity (Wildman–Crippen MR) is 156 cm³/mol. The van der Waals surface area contributed by atoms with E-state index in [1.165, 1.54) is 29.0 Å². The van der Waals surface area contributed by atoms with Gasteiger partial charge in [0.2, 0.25) is 5.95 Å². The normalized spacial score (nSPS) is 13.7. The summed E-state index contributed by atoms with van der Waals surface area (Å²) in [5.74, 6) is 1.16. The molecule has 0 unspecified atom stereocenters. The molecule has 12 heteroatoms. The maximum Gasteiger partial charge on any atom is 0.278 e. The molecule has 0 radical (unpaired) electrons. The van der Waals surface area contributed by atoms with E-state index in [4.69, 9.17) is 15.2 Å². The number of pyridine rings is 1. The highest BCUT2D eigenvalue weighted by Crippen LogP contribution is 2.23. The second kappa shape index (κ2) is 11.0. The molecule has 0 aliphatic carbocycles. The zero-order valence-corrected chi connectivity index (χ0v) is 22.5. The van der Waals surface area contributed by atoms with Gasteiger partial charge in [-0.15, -0.1) is 6.58 Å². The van der Waals surface area contributed by atoms with Gasteiger partial charge in [-0.2, -0.15) is 10.2 Å². The van der Waals surface area contributed by atoms with Crippen LogP contribution in [0.4, 0.5) is 17.3 Å². The summed E-state index contributed by atoms with van der Waals surface area (Å²) in [6.45, 7) is 8.12. The van der Waals surface area contributed by atoms with Crippen LogP contribution in [-0.4, -0.2) is 72.4 Å². The number of fused-ring (bicyclic) bond motifs is 1. The Morgan fingerprint density at radius 1 is 1.00 bits per heavy atom. The number of anilines is 3. The molecule has 5 heterocycles. The Morgan fingerprint density at radius 2 is 1.76 bits per heavy atom. The highest BCUT2D eigenvalue weighted by atomic mass is 16.1. The highest BCUT2D eigenvalue weighted by Gasteiger charge is 2.19. The van der Waals surface area contributed by atoms with E-state index >= 15 is 0 Å². The van der Waals surface area contributed by atoms with Gasteiger partial charge in [0.1, 0.15) is 17.1 Å². The van der Waals surface area contributed by atoms with Crippen molar-refractivity contribution in [3.8, 4) is 23.4 Å². The maximum atomic E-state index is 13.3. The minimum Gasteiger partial charge on any atom is -0.369 e. The molecule has 0 bridgehead atoms. The molecule has 41 heavy (non-hydrogen) atoms. The zero-order chi connectivity index (χ0) is 28.3. The number of likely N-dealkylation sites (N-methyl/N-ethyl adjacent to an activating group) is 1. The molecule has 6 rings (SSSR count). The second-order valence-corrected chi connectivity index (χ2v) is 9.67. The number of hydrogen-bond donors (Lipinski definition) is 1. The third-order valence-corrected chi connectivity index (χ3v) is 6.93. The van der Waals surface area contributed by atoms with Gasteiger partial charge in [-0.1, -0.05) is 12.1 Å². The summed E-state index contributed by atoms with van der Waals surface area (Å²) < 4.78 is 3.16. The SMILES string of the molecule is C=CCn1c(=O)c2cnc(Nc3ccc(N4CCN(C)CC4)cc3)nc2n1-c1cccc(-c2ncc(C#N)cn2)n1. The molecule has 1 saturated heterocycles. The van der Waals surface area contributed by atoms with E-state index in [-0.39, 0.29) is 12.1 Å². The average molecular weight is 546 g/mol. The third kappa shape index (κ3) is 5.13. The van der Waals surface area contributed by atoms with E-state index in [9.17, 15) is 4.79 Å². The van der Waals surface area contributed by atoms with Crippen molar-refractivity contribution in [1.29, 1.82) is 5.26 Å². The number of benzene rings is 1. The molecule has 12 nitrogen and oxygen atoms in total. The Balaban J connectivity index is 1.35. The van der Waals surface area contributed by atoms with Crippen molar-refractivity contribution in [2.24, 2.45) is 0 Å². The summed E-state index contributed by atoms with van der Waals surface area (Å²) in [6, 6.07) is 15.5.